The van der Waals surface area contributed by atoms with Gasteiger partial charge in [-0.05, 0) is 12.3 Å². The van der Waals surface area contributed by atoms with Gasteiger partial charge in [-0.3, -0.25) is 14.8 Å². The summed E-state index contributed by atoms with van der Waals surface area (Å²) in [6.07, 6.45) is 0.529. The van der Waals surface area contributed by atoms with Crippen LogP contribution in [0.1, 0.15) is 10.5 Å². The first kappa shape index (κ1) is 14.4. The molecule has 108 valence electrons. The van der Waals surface area contributed by atoms with Crippen LogP contribution in [0.2, 0.25) is 0 Å². The van der Waals surface area contributed by atoms with Crippen molar-refractivity contribution in [2.75, 3.05) is 11.6 Å². The molecule has 0 aliphatic rings. The van der Waals surface area contributed by atoms with Gasteiger partial charge < -0.3 is 0 Å². The first-order valence-corrected chi connectivity index (χ1v) is 6.80. The van der Waals surface area contributed by atoms with Crippen molar-refractivity contribution in [2.24, 2.45) is 7.05 Å². The van der Waals surface area contributed by atoms with E-state index in [-0.39, 0.29) is 11.6 Å². The lowest BCUT2D eigenvalue weighted by atomic mass is 10.4. The largest absolute Gasteiger partial charge is 0.288 e. The Labute approximate surface area is 117 Å². The van der Waals surface area contributed by atoms with Gasteiger partial charge in [0.15, 0.2) is 5.16 Å². The number of alkyl halides is 2. The fourth-order valence-corrected chi connectivity index (χ4v) is 2.05. The van der Waals surface area contributed by atoms with Crippen LogP contribution in [0.5, 0.6) is 0 Å². The Balaban J connectivity index is 2.13. The maximum absolute atomic E-state index is 12.3. The highest BCUT2D eigenvalue weighted by molar-refractivity contribution is 7.98. The number of rotatable bonds is 5. The number of hydrogen-bond donors (Lipinski definition) is 1. The number of thioether (sulfide) groups is 1. The van der Waals surface area contributed by atoms with Gasteiger partial charge in [0.2, 0.25) is 5.95 Å². The van der Waals surface area contributed by atoms with Crippen LogP contribution >= 0.6 is 11.8 Å². The number of nitrogens with zero attached hydrogens (tertiary/aromatic N) is 5. The number of aromatic nitrogens is 5. The fraction of sp³-hybridized carbons (Fsp3) is 0.400. The first-order chi connectivity index (χ1) is 9.51. The molecule has 0 spiro atoms. The summed E-state index contributed by atoms with van der Waals surface area (Å²) in [6, 6.07) is 1.36. The van der Waals surface area contributed by atoms with Crippen molar-refractivity contribution in [1.82, 2.24) is 24.5 Å². The molecule has 20 heavy (non-hydrogen) atoms. The van der Waals surface area contributed by atoms with E-state index in [0.29, 0.717) is 5.16 Å². The van der Waals surface area contributed by atoms with Crippen molar-refractivity contribution in [3.05, 3.63) is 18.0 Å². The quantitative estimate of drug-likeness (QED) is 0.841. The van der Waals surface area contributed by atoms with E-state index in [0.717, 1.165) is 4.68 Å². The zero-order valence-electron chi connectivity index (χ0n) is 10.7. The Morgan fingerprint density at radius 2 is 2.30 bits per heavy atom. The molecular weight excluding hydrogens is 290 g/mol. The Bertz CT molecular complexity index is 611. The minimum atomic E-state index is -2.59. The van der Waals surface area contributed by atoms with E-state index in [1.54, 1.807) is 7.05 Å². The van der Waals surface area contributed by atoms with Crippen LogP contribution in [0.25, 0.3) is 0 Å². The van der Waals surface area contributed by atoms with Gasteiger partial charge in [0.25, 0.3) is 12.3 Å². The molecule has 0 atom stereocenters. The van der Waals surface area contributed by atoms with E-state index in [1.165, 1.54) is 28.7 Å². The average molecular weight is 302 g/mol. The SMILES string of the molecule is CSc1nc(NC(=O)c2ccnn2CC(F)F)nn1C. The van der Waals surface area contributed by atoms with Gasteiger partial charge in [0, 0.05) is 13.2 Å². The molecule has 1 amide bonds. The number of carbonyl (C=O) groups is 1. The summed E-state index contributed by atoms with van der Waals surface area (Å²) in [7, 11) is 1.69. The summed E-state index contributed by atoms with van der Waals surface area (Å²) >= 11 is 1.37. The van der Waals surface area contributed by atoms with Gasteiger partial charge in [-0.2, -0.15) is 10.1 Å². The van der Waals surface area contributed by atoms with Crippen LogP contribution in [-0.2, 0) is 13.6 Å². The van der Waals surface area contributed by atoms with Crippen LogP contribution < -0.4 is 5.32 Å². The molecule has 0 aromatic carbocycles. The van der Waals surface area contributed by atoms with Crippen molar-refractivity contribution >= 4 is 23.6 Å². The van der Waals surface area contributed by atoms with Crippen LogP contribution in [0.3, 0.4) is 0 Å². The van der Waals surface area contributed by atoms with Crippen LogP contribution in [0.4, 0.5) is 14.7 Å². The molecule has 1 N–H and O–H groups in total. The highest BCUT2D eigenvalue weighted by Gasteiger charge is 2.17. The molecule has 7 nitrogen and oxygen atoms in total. The lowest BCUT2D eigenvalue weighted by Crippen LogP contribution is -2.20. The number of amides is 1. The highest BCUT2D eigenvalue weighted by Crippen LogP contribution is 2.13. The fourth-order valence-electron chi connectivity index (χ4n) is 1.57. The van der Waals surface area contributed by atoms with E-state index < -0.39 is 18.9 Å². The first-order valence-electron chi connectivity index (χ1n) is 5.57. The number of aryl methyl sites for hydroxylation is 1. The summed E-state index contributed by atoms with van der Waals surface area (Å²) in [5.74, 6) is -0.465. The second kappa shape index (κ2) is 5.99. The predicted molar refractivity (Wildman–Crippen MR) is 69.0 cm³/mol. The molecule has 10 heteroatoms. The van der Waals surface area contributed by atoms with E-state index in [1.807, 2.05) is 6.26 Å². The molecule has 0 radical (unpaired) electrons. The lowest BCUT2D eigenvalue weighted by molar-refractivity contribution is 0.0988. The minimum absolute atomic E-state index is 0.0310. The van der Waals surface area contributed by atoms with Crippen molar-refractivity contribution in [1.29, 1.82) is 0 Å². The van der Waals surface area contributed by atoms with E-state index in [4.69, 9.17) is 0 Å². The van der Waals surface area contributed by atoms with Gasteiger partial charge >= 0.3 is 0 Å². The monoisotopic (exact) mass is 302 g/mol. The Morgan fingerprint density at radius 3 is 2.90 bits per heavy atom. The maximum Gasteiger partial charge on any atom is 0.276 e. The van der Waals surface area contributed by atoms with Gasteiger partial charge in [-0.15, -0.1) is 5.10 Å². The summed E-state index contributed by atoms with van der Waals surface area (Å²) < 4.78 is 27.1. The third kappa shape index (κ3) is 3.13. The molecule has 2 aromatic heterocycles. The van der Waals surface area contributed by atoms with Crippen molar-refractivity contribution < 1.29 is 13.6 Å². The molecule has 2 heterocycles. The summed E-state index contributed by atoms with van der Waals surface area (Å²) in [6.45, 7) is -0.637. The molecule has 2 rings (SSSR count). The Morgan fingerprint density at radius 1 is 1.55 bits per heavy atom. The molecule has 0 aliphatic heterocycles. The molecule has 0 bridgehead atoms. The second-order valence-electron chi connectivity index (χ2n) is 3.79. The third-order valence-electron chi connectivity index (χ3n) is 2.39. The summed E-state index contributed by atoms with van der Waals surface area (Å²) in [4.78, 5) is 16.0. The zero-order valence-corrected chi connectivity index (χ0v) is 11.6. The van der Waals surface area contributed by atoms with Gasteiger partial charge in [0.05, 0.1) is 0 Å². The second-order valence-corrected chi connectivity index (χ2v) is 4.56. The number of halogens is 2. The van der Waals surface area contributed by atoms with Crippen molar-refractivity contribution in [3.8, 4) is 0 Å². The summed E-state index contributed by atoms with van der Waals surface area (Å²) in [5, 5.41) is 10.8. The van der Waals surface area contributed by atoms with Crippen LogP contribution in [0, 0.1) is 0 Å². The minimum Gasteiger partial charge on any atom is -0.288 e. The number of carbonyl (C=O) groups excluding carboxylic acids is 1. The number of hydrogen-bond acceptors (Lipinski definition) is 5. The third-order valence-corrected chi connectivity index (χ3v) is 3.11. The topological polar surface area (TPSA) is 77.6 Å². The van der Waals surface area contributed by atoms with Crippen molar-refractivity contribution in [3.63, 3.8) is 0 Å². The molecule has 0 saturated carbocycles. The molecule has 0 aliphatic carbocycles. The Hall–Kier alpha value is -1.97. The van der Waals surface area contributed by atoms with E-state index in [9.17, 15) is 13.6 Å². The molecule has 0 unspecified atom stereocenters. The summed E-state index contributed by atoms with van der Waals surface area (Å²) in [5.41, 5.74) is 0.0310. The molecular formula is C10H12F2N6OS. The zero-order chi connectivity index (χ0) is 14.7. The standard InChI is InChI=1S/C10H12F2N6OS/c1-17-10(20-2)15-9(16-17)14-8(19)6-3-4-13-18(6)5-7(11)12/h3-4,7H,5H2,1-2H3,(H,14,16,19). The van der Waals surface area contributed by atoms with E-state index in [2.05, 4.69) is 20.5 Å². The molecule has 2 aromatic rings. The highest BCUT2D eigenvalue weighted by atomic mass is 32.2. The lowest BCUT2D eigenvalue weighted by Gasteiger charge is -2.05. The average Bonchev–Trinajstić information content (AvgIpc) is 2.95. The maximum atomic E-state index is 12.3. The van der Waals surface area contributed by atoms with Crippen LogP contribution in [0.15, 0.2) is 17.4 Å². The van der Waals surface area contributed by atoms with Gasteiger partial charge in [-0.1, -0.05) is 11.8 Å². The van der Waals surface area contributed by atoms with Gasteiger partial charge in [-0.25, -0.2) is 13.5 Å². The molecule has 0 fully saturated rings. The Kier molecular flexibility index (Phi) is 4.32. The van der Waals surface area contributed by atoms with E-state index >= 15 is 0 Å². The smallest absolute Gasteiger partial charge is 0.276 e. The number of nitrogens with one attached hydrogen (secondary N) is 1. The van der Waals surface area contributed by atoms with Crippen LogP contribution in [-0.4, -0.2) is 43.1 Å². The molecule has 0 saturated heterocycles. The van der Waals surface area contributed by atoms with Gasteiger partial charge in [0.1, 0.15) is 12.2 Å². The number of anilines is 1. The predicted octanol–water partition coefficient (Wildman–Crippen LogP) is 1.25. The normalized spacial score (nSPS) is 11.1. The van der Waals surface area contributed by atoms with Crippen molar-refractivity contribution in [2.45, 2.75) is 18.1 Å².